The highest BCUT2D eigenvalue weighted by atomic mass is 35.5. The van der Waals surface area contributed by atoms with E-state index >= 15 is 0 Å². The van der Waals surface area contributed by atoms with E-state index in [0.29, 0.717) is 23.1 Å². The first kappa shape index (κ1) is 17.8. The lowest BCUT2D eigenvalue weighted by Gasteiger charge is -2.23. The van der Waals surface area contributed by atoms with Gasteiger partial charge in [-0.05, 0) is 35.9 Å². The lowest BCUT2D eigenvalue weighted by Crippen LogP contribution is -2.30. The fraction of sp³-hybridized carbons (Fsp3) is 0.143. The van der Waals surface area contributed by atoms with Crippen molar-refractivity contribution in [2.75, 3.05) is 0 Å². The molecule has 0 bridgehead atoms. The Morgan fingerprint density at radius 1 is 1.11 bits per heavy atom. The maximum absolute atomic E-state index is 13.3. The van der Waals surface area contributed by atoms with E-state index in [2.05, 4.69) is 4.98 Å². The minimum absolute atomic E-state index is 0.0222. The predicted molar refractivity (Wildman–Crippen MR) is 110 cm³/mol. The Bertz CT molecular complexity index is 1090. The molecule has 136 valence electrons. The average molecular weight is 396 g/mol. The molecule has 0 aliphatic carbocycles. The van der Waals surface area contributed by atoms with Gasteiger partial charge in [0.25, 0.3) is 5.91 Å². The number of thiazole rings is 1. The largest absolute Gasteiger partial charge is 0.353 e. The van der Waals surface area contributed by atoms with Gasteiger partial charge in [0.15, 0.2) is 4.47 Å². The van der Waals surface area contributed by atoms with Crippen molar-refractivity contribution in [3.8, 4) is 0 Å². The molecular formula is C21H18ClN3OS. The van der Waals surface area contributed by atoms with Crippen LogP contribution in [0.1, 0.15) is 21.6 Å². The van der Waals surface area contributed by atoms with E-state index in [-0.39, 0.29) is 5.91 Å². The molecular weight excluding hydrogens is 378 g/mol. The monoisotopic (exact) mass is 395 g/mol. The Kier molecular flexibility index (Phi) is 4.97. The van der Waals surface area contributed by atoms with E-state index in [0.717, 1.165) is 21.5 Å². The summed E-state index contributed by atoms with van der Waals surface area (Å²) in [5.41, 5.74) is 3.55. The van der Waals surface area contributed by atoms with Gasteiger partial charge in [-0.3, -0.25) is 4.79 Å². The zero-order valence-electron chi connectivity index (χ0n) is 14.8. The second-order valence-electron chi connectivity index (χ2n) is 6.41. The molecule has 0 aliphatic heterocycles. The fourth-order valence-electron chi connectivity index (χ4n) is 3.07. The quantitative estimate of drug-likeness (QED) is 0.469. The van der Waals surface area contributed by atoms with Crippen LogP contribution in [0.3, 0.4) is 0 Å². The molecule has 4 nitrogen and oxygen atoms in total. The number of halogens is 1. The highest BCUT2D eigenvalue weighted by molar-refractivity contribution is 7.22. The minimum atomic E-state index is -0.0222. The normalized spacial score (nSPS) is 11.0. The smallest absolute Gasteiger partial charge is 0.254 e. The van der Waals surface area contributed by atoms with Gasteiger partial charge in [0.05, 0.1) is 16.8 Å². The zero-order valence-corrected chi connectivity index (χ0v) is 16.4. The summed E-state index contributed by atoms with van der Waals surface area (Å²) in [6.45, 7) is 1.08. The molecule has 0 aliphatic rings. The van der Waals surface area contributed by atoms with Crippen molar-refractivity contribution in [3.63, 3.8) is 0 Å². The number of aromatic nitrogens is 2. The Morgan fingerprint density at radius 2 is 1.93 bits per heavy atom. The highest BCUT2D eigenvalue weighted by Gasteiger charge is 2.19. The first-order chi connectivity index (χ1) is 13.1. The zero-order chi connectivity index (χ0) is 18.8. The lowest BCUT2D eigenvalue weighted by atomic mass is 10.1. The van der Waals surface area contributed by atoms with Gasteiger partial charge < -0.3 is 9.47 Å². The molecule has 0 unspecified atom stereocenters. The Labute approximate surface area is 166 Å². The summed E-state index contributed by atoms with van der Waals surface area (Å²) < 4.78 is 3.50. The number of nitrogens with zero attached hydrogens (tertiary/aromatic N) is 3. The second-order valence-corrected chi connectivity index (χ2v) is 8.02. The standard InChI is InChI=1S/C21H18ClN3OS/c1-24-11-5-8-17(24)14-25(13-15-6-3-2-4-7-15)20(26)16-9-10-19-18(12-16)23-21(22)27-19/h2-12H,13-14H2,1H3. The van der Waals surface area contributed by atoms with Crippen LogP contribution >= 0.6 is 22.9 Å². The van der Waals surface area contributed by atoms with Gasteiger partial charge in [-0.1, -0.05) is 41.9 Å². The van der Waals surface area contributed by atoms with Crippen molar-refractivity contribution in [1.29, 1.82) is 0 Å². The SMILES string of the molecule is Cn1cccc1CN(Cc1ccccc1)C(=O)c1ccc2sc(Cl)nc2c1. The molecule has 0 saturated carbocycles. The molecule has 27 heavy (non-hydrogen) atoms. The third-order valence-electron chi connectivity index (χ3n) is 4.52. The van der Waals surface area contributed by atoms with Crippen LogP contribution in [0.5, 0.6) is 0 Å². The minimum Gasteiger partial charge on any atom is -0.353 e. The fourth-order valence-corrected chi connectivity index (χ4v) is 4.09. The van der Waals surface area contributed by atoms with Crippen molar-refractivity contribution in [3.05, 3.63) is 88.1 Å². The molecule has 2 aromatic heterocycles. The van der Waals surface area contributed by atoms with Crippen molar-refractivity contribution in [2.24, 2.45) is 7.05 Å². The third-order valence-corrected chi connectivity index (χ3v) is 5.66. The molecule has 2 aromatic carbocycles. The average Bonchev–Trinajstić information content (AvgIpc) is 3.25. The molecule has 0 atom stereocenters. The lowest BCUT2D eigenvalue weighted by molar-refractivity contribution is 0.0726. The molecule has 0 radical (unpaired) electrons. The van der Waals surface area contributed by atoms with E-state index in [1.165, 1.54) is 11.3 Å². The van der Waals surface area contributed by atoms with E-state index in [9.17, 15) is 4.79 Å². The van der Waals surface area contributed by atoms with Gasteiger partial charge in [-0.25, -0.2) is 4.98 Å². The maximum atomic E-state index is 13.3. The third kappa shape index (κ3) is 3.89. The van der Waals surface area contributed by atoms with Gasteiger partial charge >= 0.3 is 0 Å². The van der Waals surface area contributed by atoms with E-state index < -0.39 is 0 Å². The summed E-state index contributed by atoms with van der Waals surface area (Å²) in [6, 6.07) is 19.6. The van der Waals surface area contributed by atoms with Crippen LogP contribution in [-0.4, -0.2) is 20.4 Å². The molecule has 1 amide bonds. The molecule has 4 aromatic rings. The van der Waals surface area contributed by atoms with Crippen LogP contribution < -0.4 is 0 Å². The van der Waals surface area contributed by atoms with E-state index in [4.69, 9.17) is 11.6 Å². The first-order valence-electron chi connectivity index (χ1n) is 8.59. The van der Waals surface area contributed by atoms with Crippen LogP contribution in [0.4, 0.5) is 0 Å². The highest BCUT2D eigenvalue weighted by Crippen LogP contribution is 2.27. The molecule has 0 N–H and O–H groups in total. The number of hydrogen-bond donors (Lipinski definition) is 0. The number of fused-ring (bicyclic) bond motifs is 1. The molecule has 0 fully saturated rings. The summed E-state index contributed by atoms with van der Waals surface area (Å²) in [4.78, 5) is 19.5. The molecule has 2 heterocycles. The molecule has 0 saturated heterocycles. The van der Waals surface area contributed by atoms with Crippen molar-refractivity contribution in [1.82, 2.24) is 14.5 Å². The molecule has 4 rings (SSSR count). The first-order valence-corrected chi connectivity index (χ1v) is 9.79. The Balaban J connectivity index is 1.66. The maximum Gasteiger partial charge on any atom is 0.254 e. The number of aryl methyl sites for hydroxylation is 1. The Morgan fingerprint density at radius 3 is 2.67 bits per heavy atom. The number of hydrogen-bond acceptors (Lipinski definition) is 3. The number of amides is 1. The Hall–Kier alpha value is -2.63. The summed E-state index contributed by atoms with van der Waals surface area (Å²) in [5, 5.41) is 0. The van der Waals surface area contributed by atoms with Crippen LogP contribution in [0, 0.1) is 0 Å². The molecule has 6 heteroatoms. The summed E-state index contributed by atoms with van der Waals surface area (Å²) >= 11 is 7.42. The van der Waals surface area contributed by atoms with Crippen molar-refractivity contribution in [2.45, 2.75) is 13.1 Å². The van der Waals surface area contributed by atoms with Crippen LogP contribution in [0.2, 0.25) is 4.47 Å². The predicted octanol–water partition coefficient (Wildman–Crippen LogP) is 5.13. The van der Waals surface area contributed by atoms with E-state index in [1.54, 1.807) is 0 Å². The molecule has 0 spiro atoms. The summed E-state index contributed by atoms with van der Waals surface area (Å²) in [7, 11) is 1.99. The van der Waals surface area contributed by atoms with E-state index in [1.807, 2.05) is 83.4 Å². The van der Waals surface area contributed by atoms with Gasteiger partial charge in [0, 0.05) is 31.0 Å². The van der Waals surface area contributed by atoms with Crippen molar-refractivity contribution < 1.29 is 4.79 Å². The second kappa shape index (κ2) is 7.55. The van der Waals surface area contributed by atoms with Gasteiger partial charge in [-0.15, -0.1) is 11.3 Å². The van der Waals surface area contributed by atoms with Gasteiger partial charge in [-0.2, -0.15) is 0 Å². The van der Waals surface area contributed by atoms with Crippen LogP contribution in [-0.2, 0) is 20.1 Å². The van der Waals surface area contributed by atoms with Gasteiger partial charge in [0.1, 0.15) is 0 Å². The van der Waals surface area contributed by atoms with Crippen LogP contribution in [0.15, 0.2) is 66.9 Å². The number of carbonyl (C=O) groups is 1. The number of benzene rings is 2. The summed E-state index contributed by atoms with van der Waals surface area (Å²) in [5.74, 6) is -0.0222. The van der Waals surface area contributed by atoms with Gasteiger partial charge in [0.2, 0.25) is 0 Å². The summed E-state index contributed by atoms with van der Waals surface area (Å²) in [6.07, 6.45) is 1.99. The van der Waals surface area contributed by atoms with Crippen LogP contribution in [0.25, 0.3) is 10.2 Å². The van der Waals surface area contributed by atoms with Crippen molar-refractivity contribution >= 4 is 39.1 Å². The number of carbonyl (C=O) groups excluding carboxylic acids is 1. The number of rotatable bonds is 5. The topological polar surface area (TPSA) is 38.1 Å².